The summed E-state index contributed by atoms with van der Waals surface area (Å²) in [6.07, 6.45) is -0.218. The van der Waals surface area contributed by atoms with Crippen molar-refractivity contribution in [3.05, 3.63) is 12.7 Å². The van der Waals surface area contributed by atoms with E-state index in [0.29, 0.717) is 30.2 Å². The van der Waals surface area contributed by atoms with Gasteiger partial charge in [0.1, 0.15) is 19.0 Å². The van der Waals surface area contributed by atoms with E-state index in [-0.39, 0.29) is 18.6 Å². The highest BCUT2D eigenvalue weighted by atomic mass is 16.7. The third kappa shape index (κ3) is 6.47. The van der Waals surface area contributed by atoms with Crippen molar-refractivity contribution in [2.24, 2.45) is 17.8 Å². The van der Waals surface area contributed by atoms with E-state index in [4.69, 9.17) is 23.7 Å². The Hall–Kier alpha value is -3.32. The van der Waals surface area contributed by atoms with Gasteiger partial charge in [-0.1, -0.05) is 41.5 Å². The van der Waals surface area contributed by atoms with Gasteiger partial charge in [-0.3, -0.25) is 19.0 Å². The van der Waals surface area contributed by atoms with Crippen molar-refractivity contribution < 1.29 is 38.1 Å². The van der Waals surface area contributed by atoms with E-state index < -0.39 is 54.3 Å². The van der Waals surface area contributed by atoms with Gasteiger partial charge in [0.15, 0.2) is 35.4 Å². The number of ether oxygens (including phenoxy) is 5. The minimum Gasteiger partial charge on any atom is -0.463 e. The van der Waals surface area contributed by atoms with Crippen molar-refractivity contribution in [3.8, 4) is 0 Å². The van der Waals surface area contributed by atoms with Crippen LogP contribution in [0.3, 0.4) is 0 Å². The van der Waals surface area contributed by atoms with Crippen LogP contribution in [-0.4, -0.2) is 81.6 Å². The molecule has 13 heteroatoms. The summed E-state index contributed by atoms with van der Waals surface area (Å²) in [5.41, 5.74) is 0.920. The van der Waals surface area contributed by atoms with Crippen molar-refractivity contribution >= 4 is 34.9 Å². The minimum atomic E-state index is -1.06. The first kappa shape index (κ1) is 28.7. The molecule has 2 fully saturated rings. The van der Waals surface area contributed by atoms with Gasteiger partial charge in [-0.05, 0) is 6.42 Å². The highest BCUT2D eigenvalue weighted by molar-refractivity contribution is 5.83. The third-order valence-electron chi connectivity index (χ3n) is 6.50. The maximum Gasteiger partial charge on any atom is 0.308 e. The minimum absolute atomic E-state index is 0.0931. The molecule has 2 aromatic rings. The van der Waals surface area contributed by atoms with Crippen LogP contribution in [0.1, 0.15) is 54.2 Å². The summed E-state index contributed by atoms with van der Waals surface area (Å²) in [4.78, 5) is 51.0. The van der Waals surface area contributed by atoms with Gasteiger partial charge in [-0.15, -0.1) is 0 Å². The molecule has 214 valence electrons. The zero-order valence-electron chi connectivity index (χ0n) is 23.2. The molecule has 0 radical (unpaired) electrons. The number of rotatable bonds is 10. The number of carbonyl (C=O) groups excluding carboxylic acids is 3. The number of esters is 3. The Bertz CT molecular complexity index is 1180. The normalized spacial score (nSPS) is 25.0. The quantitative estimate of drug-likeness (QED) is 0.343. The zero-order valence-corrected chi connectivity index (χ0v) is 23.2. The predicted octanol–water partition coefficient (Wildman–Crippen LogP) is 2.26. The highest BCUT2D eigenvalue weighted by Gasteiger charge is 2.52. The molecule has 2 unspecified atom stereocenters. The monoisotopic (exact) mass is 547 g/mol. The number of hydrogen-bond acceptors (Lipinski definition) is 12. The SMILES string of the molecule is CC(C)C(=O)OC[C@H]1OC(n2cnc3c(NC4CCOC4)ncnc32)[C@H](OC(=O)C(C)C)[C@@H]1OC(=O)C(C)C. The van der Waals surface area contributed by atoms with E-state index >= 15 is 0 Å². The fourth-order valence-electron chi connectivity index (χ4n) is 4.19. The van der Waals surface area contributed by atoms with Gasteiger partial charge in [-0.25, -0.2) is 15.0 Å². The lowest BCUT2D eigenvalue weighted by atomic mass is 10.1. The van der Waals surface area contributed by atoms with E-state index in [2.05, 4.69) is 20.3 Å². The molecule has 2 aliphatic heterocycles. The lowest BCUT2D eigenvalue weighted by Gasteiger charge is -2.26. The van der Waals surface area contributed by atoms with E-state index in [0.717, 1.165) is 6.42 Å². The Balaban J connectivity index is 1.70. The third-order valence-corrected chi connectivity index (χ3v) is 6.50. The second-order valence-corrected chi connectivity index (χ2v) is 10.7. The van der Waals surface area contributed by atoms with Gasteiger partial charge < -0.3 is 29.0 Å². The number of nitrogens with one attached hydrogen (secondary N) is 1. The molecule has 0 saturated carbocycles. The van der Waals surface area contributed by atoms with E-state index in [9.17, 15) is 14.4 Å². The van der Waals surface area contributed by atoms with Gasteiger partial charge >= 0.3 is 17.9 Å². The largest absolute Gasteiger partial charge is 0.463 e. The lowest BCUT2D eigenvalue weighted by Crippen LogP contribution is -2.42. The first-order valence-corrected chi connectivity index (χ1v) is 13.3. The summed E-state index contributed by atoms with van der Waals surface area (Å²) < 4.78 is 30.5. The Morgan fingerprint density at radius 1 is 0.974 bits per heavy atom. The number of carbonyl (C=O) groups is 3. The molecular weight excluding hydrogens is 510 g/mol. The standard InChI is InChI=1S/C26H37N5O8/c1-13(2)24(32)36-10-17-19(38-25(33)14(3)4)20(39-26(34)15(5)6)23(37-17)31-12-29-18-21(27-11-28-22(18)31)30-16-7-8-35-9-16/h11-17,19-20,23H,7-10H2,1-6H3,(H,27,28,30)/t16?,17-,19-,20-,23?/m1/s1. The van der Waals surface area contributed by atoms with Crippen LogP contribution in [0.15, 0.2) is 12.7 Å². The average Bonchev–Trinajstić information content (AvgIpc) is 3.63. The maximum absolute atomic E-state index is 12.8. The number of aromatic nitrogens is 4. The van der Waals surface area contributed by atoms with Crippen LogP contribution >= 0.6 is 0 Å². The van der Waals surface area contributed by atoms with Crippen molar-refractivity contribution in [2.45, 2.75) is 78.5 Å². The second kappa shape index (κ2) is 12.2. The molecule has 5 atom stereocenters. The molecule has 2 saturated heterocycles. The highest BCUT2D eigenvalue weighted by Crippen LogP contribution is 2.37. The van der Waals surface area contributed by atoms with Crippen LogP contribution in [0.4, 0.5) is 5.82 Å². The molecule has 0 spiro atoms. The van der Waals surface area contributed by atoms with Crippen molar-refractivity contribution in [1.29, 1.82) is 0 Å². The molecule has 0 bridgehead atoms. The molecule has 4 rings (SSSR count). The lowest BCUT2D eigenvalue weighted by molar-refractivity contribution is -0.173. The fraction of sp³-hybridized carbons (Fsp3) is 0.692. The number of fused-ring (bicyclic) bond motifs is 1. The molecule has 13 nitrogen and oxygen atoms in total. The predicted molar refractivity (Wildman–Crippen MR) is 137 cm³/mol. The van der Waals surface area contributed by atoms with Gasteiger partial charge in [0, 0.05) is 6.61 Å². The molecule has 0 amide bonds. The molecule has 2 aliphatic rings. The van der Waals surface area contributed by atoms with Gasteiger partial charge in [-0.2, -0.15) is 0 Å². The summed E-state index contributed by atoms with van der Waals surface area (Å²) >= 11 is 0. The molecule has 2 aromatic heterocycles. The van der Waals surface area contributed by atoms with Crippen LogP contribution in [0, 0.1) is 17.8 Å². The summed E-state index contributed by atoms with van der Waals surface area (Å²) in [5, 5.41) is 3.34. The van der Waals surface area contributed by atoms with Crippen molar-refractivity contribution in [2.75, 3.05) is 25.1 Å². The molecule has 0 aromatic carbocycles. The molecule has 1 N–H and O–H groups in total. The number of hydrogen-bond donors (Lipinski definition) is 1. The van der Waals surface area contributed by atoms with E-state index in [1.54, 1.807) is 46.1 Å². The first-order valence-electron chi connectivity index (χ1n) is 13.3. The fourth-order valence-corrected chi connectivity index (χ4v) is 4.19. The second-order valence-electron chi connectivity index (χ2n) is 10.7. The Labute approximate surface area is 226 Å². The van der Waals surface area contributed by atoms with Crippen molar-refractivity contribution in [1.82, 2.24) is 19.5 Å². The summed E-state index contributed by atoms with van der Waals surface area (Å²) in [5.74, 6) is -2.15. The number of nitrogens with zero attached hydrogens (tertiary/aromatic N) is 4. The smallest absolute Gasteiger partial charge is 0.308 e. The molecule has 39 heavy (non-hydrogen) atoms. The number of anilines is 1. The van der Waals surface area contributed by atoms with Gasteiger partial charge in [0.05, 0.1) is 36.7 Å². The van der Waals surface area contributed by atoms with Crippen LogP contribution in [-0.2, 0) is 38.1 Å². The maximum atomic E-state index is 12.8. The van der Waals surface area contributed by atoms with E-state index in [1.165, 1.54) is 12.7 Å². The van der Waals surface area contributed by atoms with Crippen LogP contribution in [0.25, 0.3) is 11.2 Å². The van der Waals surface area contributed by atoms with Crippen molar-refractivity contribution in [3.63, 3.8) is 0 Å². The van der Waals surface area contributed by atoms with Gasteiger partial charge in [0.2, 0.25) is 0 Å². The van der Waals surface area contributed by atoms with Crippen LogP contribution < -0.4 is 5.32 Å². The number of imidazole rings is 1. The Morgan fingerprint density at radius 3 is 2.26 bits per heavy atom. The summed E-state index contributed by atoms with van der Waals surface area (Å²) in [6, 6.07) is 0.0931. The Kier molecular flexibility index (Phi) is 9.01. The molecule has 0 aliphatic carbocycles. The summed E-state index contributed by atoms with van der Waals surface area (Å²) in [7, 11) is 0. The van der Waals surface area contributed by atoms with Gasteiger partial charge in [0.25, 0.3) is 0 Å². The zero-order chi connectivity index (χ0) is 28.3. The first-order chi connectivity index (χ1) is 18.6. The molecule has 4 heterocycles. The topological polar surface area (TPSA) is 153 Å². The van der Waals surface area contributed by atoms with Crippen LogP contribution in [0.2, 0.25) is 0 Å². The average molecular weight is 548 g/mol. The van der Waals surface area contributed by atoms with Crippen LogP contribution in [0.5, 0.6) is 0 Å². The summed E-state index contributed by atoms with van der Waals surface area (Å²) in [6.45, 7) is 11.3. The molecular formula is C26H37N5O8. The Morgan fingerprint density at radius 2 is 1.64 bits per heavy atom. The van der Waals surface area contributed by atoms with E-state index in [1.807, 2.05) is 0 Å².